The Morgan fingerprint density at radius 3 is 2.07 bits per heavy atom. The Hall–Kier alpha value is -4.32. The third kappa shape index (κ3) is 8.38. The molecule has 13 heteroatoms. The molecule has 0 aromatic heterocycles. The minimum absolute atomic E-state index is 0.0399. The third-order valence-electron chi connectivity index (χ3n) is 5.65. The van der Waals surface area contributed by atoms with Gasteiger partial charge in [0.2, 0.25) is 5.91 Å². The van der Waals surface area contributed by atoms with Crippen LogP contribution in [-0.4, -0.2) is 23.5 Å². The molecule has 0 heterocycles. The van der Waals surface area contributed by atoms with Crippen molar-refractivity contribution in [3.05, 3.63) is 129 Å². The summed E-state index contributed by atoms with van der Waals surface area (Å²) in [6.07, 6.45) is 1.40. The lowest BCUT2D eigenvalue weighted by Crippen LogP contribution is -2.30. The summed E-state index contributed by atoms with van der Waals surface area (Å²) in [6.45, 7) is 0. The highest BCUT2D eigenvalue weighted by Crippen LogP contribution is 2.26. The van der Waals surface area contributed by atoms with Gasteiger partial charge in [-0.2, -0.15) is 0 Å². The van der Waals surface area contributed by atoms with E-state index in [0.29, 0.717) is 26.7 Å². The summed E-state index contributed by atoms with van der Waals surface area (Å²) in [5.41, 5.74) is -0.247. The molecule has 3 N–H and O–H groups in total. The van der Waals surface area contributed by atoms with Crippen molar-refractivity contribution in [3.63, 3.8) is 0 Å². The first-order chi connectivity index (χ1) is 20.5. The van der Waals surface area contributed by atoms with E-state index in [2.05, 4.69) is 10.6 Å². The summed E-state index contributed by atoms with van der Waals surface area (Å²) in [6, 6.07) is 19.1. The molecule has 0 saturated heterocycles. The Morgan fingerprint density at radius 2 is 1.44 bits per heavy atom. The zero-order valence-electron chi connectivity index (χ0n) is 21.7. The van der Waals surface area contributed by atoms with E-state index in [9.17, 15) is 31.9 Å². The first kappa shape index (κ1) is 31.6. The molecule has 0 unspecified atom stereocenters. The van der Waals surface area contributed by atoms with Crippen LogP contribution in [0.15, 0.2) is 89.5 Å². The van der Waals surface area contributed by atoms with Gasteiger partial charge in [0.25, 0.3) is 11.8 Å². The number of hydrogen-bond donors (Lipinski definition) is 3. The predicted octanol–water partition coefficient (Wildman–Crippen LogP) is 7.69. The average Bonchev–Trinajstić information content (AvgIpc) is 2.99. The quantitative estimate of drug-likeness (QED) is 0.0752. The average molecular weight is 648 g/mol. The highest BCUT2D eigenvalue weighted by Gasteiger charge is 2.21. The number of benzene rings is 4. The number of carbonyl (C=O) groups excluding carboxylic acids is 3. The van der Waals surface area contributed by atoms with E-state index in [1.165, 1.54) is 24.3 Å². The maximum absolute atomic E-state index is 13.8. The Morgan fingerprint density at radius 1 is 0.791 bits per heavy atom. The smallest absolute Gasteiger partial charge is 0.272 e. The van der Waals surface area contributed by atoms with Gasteiger partial charge in [-0.3, -0.25) is 14.4 Å². The van der Waals surface area contributed by atoms with E-state index in [1.54, 1.807) is 54.6 Å². The van der Waals surface area contributed by atoms with Crippen LogP contribution in [0.3, 0.4) is 0 Å². The molecule has 4 aromatic rings. The van der Waals surface area contributed by atoms with Crippen LogP contribution in [0.5, 0.6) is 0 Å². The van der Waals surface area contributed by atoms with E-state index >= 15 is 0 Å². The van der Waals surface area contributed by atoms with Gasteiger partial charge in [0.05, 0.1) is 5.75 Å². The minimum atomic E-state index is -1.72. The molecule has 0 bridgehead atoms. The summed E-state index contributed by atoms with van der Waals surface area (Å²) >= 11 is 13.2. The fraction of sp³-hybridized carbons (Fsp3) is 0.0333. The molecule has 43 heavy (non-hydrogen) atoms. The molecular weight excluding hydrogens is 629 g/mol. The zero-order chi connectivity index (χ0) is 31.1. The molecule has 3 amide bonds. The molecule has 0 aliphatic heterocycles. The fourth-order valence-corrected chi connectivity index (χ4v) is 4.72. The molecule has 4 aromatic carbocycles. The van der Waals surface area contributed by atoms with Crippen molar-refractivity contribution >= 4 is 70.1 Å². The van der Waals surface area contributed by atoms with Gasteiger partial charge >= 0.3 is 0 Å². The Bertz CT molecular complexity index is 1700. The number of hydrogen-bond acceptors (Lipinski definition) is 4. The van der Waals surface area contributed by atoms with Crippen LogP contribution in [-0.2, 0) is 9.59 Å². The van der Waals surface area contributed by atoms with Gasteiger partial charge in [0, 0.05) is 32.3 Å². The molecule has 0 aliphatic carbocycles. The molecule has 0 fully saturated rings. The Balaban J connectivity index is 1.43. The van der Waals surface area contributed by atoms with Crippen LogP contribution in [0.1, 0.15) is 15.9 Å². The zero-order valence-corrected chi connectivity index (χ0v) is 24.0. The van der Waals surface area contributed by atoms with E-state index in [0.717, 1.165) is 11.8 Å². The first-order valence-electron chi connectivity index (χ1n) is 12.2. The third-order valence-corrected chi connectivity index (χ3v) is 7.22. The number of rotatable bonds is 9. The second-order valence-corrected chi connectivity index (χ2v) is 10.6. The molecule has 0 atom stereocenters. The topological polar surface area (TPSA) is 87.3 Å². The lowest BCUT2D eigenvalue weighted by atomic mass is 10.1. The van der Waals surface area contributed by atoms with Crippen molar-refractivity contribution in [3.8, 4) is 0 Å². The number of anilines is 2. The molecule has 4 rings (SSSR count). The molecule has 0 aliphatic rings. The minimum Gasteiger partial charge on any atom is -0.321 e. The fourth-order valence-electron chi connectivity index (χ4n) is 3.56. The normalized spacial score (nSPS) is 11.2. The van der Waals surface area contributed by atoms with Crippen molar-refractivity contribution in [2.24, 2.45) is 0 Å². The highest BCUT2D eigenvalue weighted by molar-refractivity contribution is 8.00. The predicted molar refractivity (Wildman–Crippen MR) is 159 cm³/mol. The van der Waals surface area contributed by atoms with Crippen molar-refractivity contribution in [1.82, 2.24) is 5.32 Å². The van der Waals surface area contributed by atoms with Gasteiger partial charge in [-0.25, -0.2) is 17.6 Å². The SMILES string of the molecule is O=C(CSc1ccc(NC(=O)/C(=C/c2ccc(Cl)cc2Cl)NC(=O)c2ccccc2)cc1)Nc1c(F)c(F)cc(F)c1F. The van der Waals surface area contributed by atoms with Gasteiger partial charge < -0.3 is 16.0 Å². The van der Waals surface area contributed by atoms with Crippen LogP contribution < -0.4 is 16.0 Å². The lowest BCUT2D eigenvalue weighted by Gasteiger charge is -2.12. The van der Waals surface area contributed by atoms with Crippen molar-refractivity contribution in [2.75, 3.05) is 16.4 Å². The maximum Gasteiger partial charge on any atom is 0.272 e. The van der Waals surface area contributed by atoms with Crippen LogP contribution in [0.25, 0.3) is 6.08 Å². The number of thioether (sulfide) groups is 1. The van der Waals surface area contributed by atoms with E-state index in [4.69, 9.17) is 23.2 Å². The number of nitrogens with one attached hydrogen (secondary N) is 3. The maximum atomic E-state index is 13.8. The second-order valence-electron chi connectivity index (χ2n) is 8.70. The summed E-state index contributed by atoms with van der Waals surface area (Å²) in [5, 5.41) is 7.73. The Kier molecular flexibility index (Phi) is 10.5. The first-order valence-corrected chi connectivity index (χ1v) is 14.0. The summed E-state index contributed by atoms with van der Waals surface area (Å²) in [4.78, 5) is 38.7. The lowest BCUT2D eigenvalue weighted by molar-refractivity contribution is -0.114. The van der Waals surface area contributed by atoms with E-state index < -0.39 is 46.7 Å². The molecule has 0 spiro atoms. The number of carbonyl (C=O) groups is 3. The standard InChI is InChI=1S/C30H19Cl2F4N3O3S/c31-18-7-6-17(21(32)13-18)12-24(38-29(41)16-4-2-1-3-5-16)30(42)37-19-8-10-20(11-9-19)43-15-25(40)39-28-26(35)22(33)14-23(34)27(28)36/h1-14H,15H2,(H,37,42)(H,38,41)(H,39,40)/b24-12-. The molecular formula is C30H19Cl2F4N3O3S. The number of halogens is 6. The summed E-state index contributed by atoms with van der Waals surface area (Å²) in [5.74, 6) is -9.17. The second kappa shape index (κ2) is 14.2. The van der Waals surface area contributed by atoms with Crippen LogP contribution in [0, 0.1) is 23.3 Å². The van der Waals surface area contributed by atoms with Gasteiger partial charge in [-0.05, 0) is 60.2 Å². The summed E-state index contributed by atoms with van der Waals surface area (Å²) < 4.78 is 54.4. The molecule has 0 saturated carbocycles. The summed E-state index contributed by atoms with van der Waals surface area (Å²) in [7, 11) is 0. The van der Waals surface area contributed by atoms with Crippen LogP contribution >= 0.6 is 35.0 Å². The van der Waals surface area contributed by atoms with Crippen LogP contribution in [0.4, 0.5) is 28.9 Å². The van der Waals surface area contributed by atoms with Crippen molar-refractivity contribution in [1.29, 1.82) is 0 Å². The number of amides is 3. The van der Waals surface area contributed by atoms with Gasteiger partial charge in [-0.15, -0.1) is 11.8 Å². The van der Waals surface area contributed by atoms with Crippen LogP contribution in [0.2, 0.25) is 10.0 Å². The van der Waals surface area contributed by atoms with Crippen molar-refractivity contribution < 1.29 is 31.9 Å². The van der Waals surface area contributed by atoms with Gasteiger partial charge in [0.1, 0.15) is 11.4 Å². The highest BCUT2D eigenvalue weighted by atomic mass is 35.5. The molecule has 6 nitrogen and oxygen atoms in total. The van der Waals surface area contributed by atoms with E-state index in [1.807, 2.05) is 5.32 Å². The Labute approximate surface area is 257 Å². The van der Waals surface area contributed by atoms with Gasteiger partial charge in [-0.1, -0.05) is 47.5 Å². The largest absolute Gasteiger partial charge is 0.321 e. The molecule has 220 valence electrons. The molecule has 0 radical (unpaired) electrons. The van der Waals surface area contributed by atoms with Gasteiger partial charge in [0.15, 0.2) is 23.3 Å². The monoisotopic (exact) mass is 647 g/mol. The van der Waals surface area contributed by atoms with E-state index in [-0.39, 0.29) is 22.5 Å². The van der Waals surface area contributed by atoms with Crippen molar-refractivity contribution in [2.45, 2.75) is 4.90 Å².